The van der Waals surface area contributed by atoms with Gasteiger partial charge in [-0.25, -0.2) is 0 Å². The van der Waals surface area contributed by atoms with Gasteiger partial charge in [-0.3, -0.25) is 9.69 Å². The van der Waals surface area contributed by atoms with Crippen LogP contribution in [-0.4, -0.2) is 49.3 Å². The summed E-state index contributed by atoms with van der Waals surface area (Å²) in [5, 5.41) is 5.18. The summed E-state index contributed by atoms with van der Waals surface area (Å²) in [6.45, 7) is 3.65. The first kappa shape index (κ1) is 22.3. The van der Waals surface area contributed by atoms with Gasteiger partial charge in [0.15, 0.2) is 0 Å². The fourth-order valence-electron chi connectivity index (χ4n) is 4.79. The maximum Gasteiger partial charge on any atom is 0.220 e. The van der Waals surface area contributed by atoms with Crippen LogP contribution in [0.1, 0.15) is 49.0 Å². The number of thiophene rings is 1. The molecule has 0 aliphatic carbocycles. The summed E-state index contributed by atoms with van der Waals surface area (Å²) in [7, 11) is 1.74. The van der Waals surface area contributed by atoms with Crippen molar-refractivity contribution in [3.8, 4) is 5.75 Å². The molecule has 0 saturated carbocycles. The molecule has 168 valence electrons. The van der Waals surface area contributed by atoms with Crippen LogP contribution in [0.5, 0.6) is 5.75 Å². The smallest absolute Gasteiger partial charge is 0.220 e. The van der Waals surface area contributed by atoms with Crippen molar-refractivity contribution >= 4 is 17.2 Å². The second-order valence-electron chi connectivity index (χ2n) is 8.79. The molecule has 3 heterocycles. The summed E-state index contributed by atoms with van der Waals surface area (Å²) >= 11 is 1.76. The Labute approximate surface area is 189 Å². The van der Waals surface area contributed by atoms with Gasteiger partial charge in [0.2, 0.25) is 5.91 Å². The zero-order chi connectivity index (χ0) is 21.5. The predicted molar refractivity (Wildman–Crippen MR) is 125 cm³/mol. The SMILES string of the molecule is COc1ccccc1CN1CCC2(CCC(CNC(=O)CCCc3cccs3)O2)CC1. The molecule has 6 heteroatoms. The number of aryl methyl sites for hydroxylation is 1. The minimum Gasteiger partial charge on any atom is -0.496 e. The number of nitrogens with zero attached hydrogens (tertiary/aromatic N) is 1. The fraction of sp³-hybridized carbons (Fsp3) is 0.560. The van der Waals surface area contributed by atoms with Gasteiger partial charge in [0, 0.05) is 43.0 Å². The Bertz CT molecular complexity index is 831. The van der Waals surface area contributed by atoms with Gasteiger partial charge in [-0.05, 0) is 56.0 Å². The molecule has 1 aromatic carbocycles. The third-order valence-corrected chi connectivity index (χ3v) is 7.56. The molecule has 1 amide bonds. The topological polar surface area (TPSA) is 50.8 Å². The number of piperidine rings is 1. The predicted octanol–water partition coefficient (Wildman–Crippen LogP) is 4.41. The lowest BCUT2D eigenvalue weighted by molar-refractivity contribution is -0.122. The lowest BCUT2D eigenvalue weighted by atomic mass is 9.88. The molecule has 0 bridgehead atoms. The number of nitrogens with one attached hydrogen (secondary N) is 1. The van der Waals surface area contributed by atoms with E-state index in [1.807, 2.05) is 12.1 Å². The van der Waals surface area contributed by atoms with Crippen molar-refractivity contribution < 1.29 is 14.3 Å². The maximum absolute atomic E-state index is 12.2. The fourth-order valence-corrected chi connectivity index (χ4v) is 5.55. The Morgan fingerprint density at radius 2 is 2.06 bits per heavy atom. The standard InChI is InChI=1S/C25H34N2O3S/c1-29-23-9-3-2-6-20(23)19-27-15-13-25(14-16-27)12-11-21(30-25)18-26-24(28)10-4-7-22-8-5-17-31-22/h2-3,5-6,8-9,17,21H,4,7,10-16,18-19H2,1H3,(H,26,28). The summed E-state index contributed by atoms with van der Waals surface area (Å²) in [6.07, 6.45) is 6.91. The molecule has 2 fully saturated rings. The van der Waals surface area contributed by atoms with Crippen molar-refractivity contribution in [1.82, 2.24) is 10.2 Å². The van der Waals surface area contributed by atoms with Gasteiger partial charge in [-0.15, -0.1) is 11.3 Å². The van der Waals surface area contributed by atoms with E-state index < -0.39 is 0 Å². The lowest BCUT2D eigenvalue weighted by Crippen LogP contribution is -2.44. The molecule has 2 saturated heterocycles. The third-order valence-electron chi connectivity index (χ3n) is 6.63. The number of carbonyl (C=O) groups is 1. The van der Waals surface area contributed by atoms with Gasteiger partial charge in [0.05, 0.1) is 18.8 Å². The number of carbonyl (C=O) groups excluding carboxylic acids is 1. The van der Waals surface area contributed by atoms with E-state index in [9.17, 15) is 4.79 Å². The van der Waals surface area contributed by atoms with Crippen LogP contribution in [0, 0.1) is 0 Å². The van der Waals surface area contributed by atoms with E-state index in [4.69, 9.17) is 9.47 Å². The average molecular weight is 443 g/mol. The van der Waals surface area contributed by atoms with Crippen LogP contribution in [0.25, 0.3) is 0 Å². The number of para-hydroxylation sites is 1. The van der Waals surface area contributed by atoms with Gasteiger partial charge in [-0.2, -0.15) is 0 Å². The van der Waals surface area contributed by atoms with E-state index in [1.54, 1.807) is 18.4 Å². The van der Waals surface area contributed by atoms with E-state index in [2.05, 4.69) is 39.9 Å². The first-order valence-corrected chi connectivity index (χ1v) is 12.3. The van der Waals surface area contributed by atoms with Gasteiger partial charge in [0.1, 0.15) is 5.75 Å². The highest BCUT2D eigenvalue weighted by Crippen LogP contribution is 2.39. The van der Waals surface area contributed by atoms with Crippen molar-refractivity contribution in [3.05, 3.63) is 52.2 Å². The Hall–Kier alpha value is -1.89. The largest absolute Gasteiger partial charge is 0.496 e. The first-order valence-electron chi connectivity index (χ1n) is 11.5. The number of rotatable bonds is 9. The van der Waals surface area contributed by atoms with Crippen LogP contribution in [0.2, 0.25) is 0 Å². The second-order valence-corrected chi connectivity index (χ2v) is 9.82. The molecule has 2 aromatic rings. The van der Waals surface area contributed by atoms with E-state index >= 15 is 0 Å². The molecule has 1 unspecified atom stereocenters. The van der Waals surface area contributed by atoms with Crippen LogP contribution in [-0.2, 0) is 22.5 Å². The van der Waals surface area contributed by atoms with Crippen molar-refractivity contribution in [2.75, 3.05) is 26.7 Å². The van der Waals surface area contributed by atoms with Crippen LogP contribution in [0.15, 0.2) is 41.8 Å². The molecule has 1 atom stereocenters. The molecule has 31 heavy (non-hydrogen) atoms. The van der Waals surface area contributed by atoms with Crippen LogP contribution in [0.4, 0.5) is 0 Å². The molecule has 2 aliphatic heterocycles. The second kappa shape index (κ2) is 10.6. The maximum atomic E-state index is 12.2. The highest BCUT2D eigenvalue weighted by atomic mass is 32.1. The quantitative estimate of drug-likeness (QED) is 0.625. The van der Waals surface area contributed by atoms with Gasteiger partial charge in [-0.1, -0.05) is 24.3 Å². The van der Waals surface area contributed by atoms with Crippen LogP contribution < -0.4 is 10.1 Å². The Balaban J connectivity index is 1.16. The molecule has 4 rings (SSSR count). The molecule has 1 N–H and O–H groups in total. The Kier molecular flexibility index (Phi) is 7.64. The van der Waals surface area contributed by atoms with Crippen molar-refractivity contribution in [2.24, 2.45) is 0 Å². The van der Waals surface area contributed by atoms with Gasteiger partial charge in [0.25, 0.3) is 0 Å². The van der Waals surface area contributed by atoms with E-state index in [-0.39, 0.29) is 17.6 Å². The first-order chi connectivity index (χ1) is 15.2. The average Bonchev–Trinajstić information content (AvgIpc) is 3.45. The minimum absolute atomic E-state index is 0.00579. The summed E-state index contributed by atoms with van der Waals surface area (Å²) in [4.78, 5) is 16.0. The zero-order valence-electron chi connectivity index (χ0n) is 18.5. The molecular formula is C25H34N2O3S. The van der Waals surface area contributed by atoms with Crippen molar-refractivity contribution in [2.45, 2.75) is 63.2 Å². The molecule has 2 aliphatic rings. The summed E-state index contributed by atoms with van der Waals surface area (Å²) in [5.41, 5.74) is 1.25. The molecule has 1 spiro atoms. The normalized spacial score (nSPS) is 20.7. The van der Waals surface area contributed by atoms with Gasteiger partial charge < -0.3 is 14.8 Å². The Morgan fingerprint density at radius 1 is 1.23 bits per heavy atom. The van der Waals surface area contributed by atoms with E-state index in [0.717, 1.165) is 63.9 Å². The number of likely N-dealkylation sites (tertiary alicyclic amines) is 1. The number of methoxy groups -OCH3 is 1. The van der Waals surface area contributed by atoms with Crippen molar-refractivity contribution in [1.29, 1.82) is 0 Å². The molecule has 1 aromatic heterocycles. The number of benzene rings is 1. The Morgan fingerprint density at radius 3 is 2.84 bits per heavy atom. The highest BCUT2D eigenvalue weighted by molar-refractivity contribution is 7.09. The molecule has 0 radical (unpaired) electrons. The number of amides is 1. The van der Waals surface area contributed by atoms with Crippen molar-refractivity contribution in [3.63, 3.8) is 0 Å². The number of hydrogen-bond donors (Lipinski definition) is 1. The monoisotopic (exact) mass is 442 g/mol. The van der Waals surface area contributed by atoms with E-state index in [0.29, 0.717) is 13.0 Å². The molecular weight excluding hydrogens is 408 g/mol. The lowest BCUT2D eigenvalue weighted by Gasteiger charge is -2.39. The highest BCUT2D eigenvalue weighted by Gasteiger charge is 2.42. The van der Waals surface area contributed by atoms with Gasteiger partial charge >= 0.3 is 0 Å². The summed E-state index contributed by atoms with van der Waals surface area (Å²) in [5.74, 6) is 1.11. The number of hydrogen-bond acceptors (Lipinski definition) is 5. The summed E-state index contributed by atoms with van der Waals surface area (Å²) in [6, 6.07) is 12.5. The molecule has 5 nitrogen and oxygen atoms in total. The third kappa shape index (κ3) is 6.09. The van der Waals surface area contributed by atoms with Crippen LogP contribution in [0.3, 0.4) is 0 Å². The summed E-state index contributed by atoms with van der Waals surface area (Å²) < 4.78 is 12.0. The zero-order valence-corrected chi connectivity index (χ0v) is 19.3. The minimum atomic E-state index is 0.00579. The number of ether oxygens (including phenoxy) is 2. The van der Waals surface area contributed by atoms with E-state index in [1.165, 1.54) is 10.4 Å². The van der Waals surface area contributed by atoms with Crippen LogP contribution >= 0.6 is 11.3 Å².